The zero-order valence-electron chi connectivity index (χ0n) is 5.77. The van der Waals surface area contributed by atoms with E-state index in [-0.39, 0.29) is 5.75 Å². The third kappa shape index (κ3) is 1.87. The standard InChI is InChI=1S/C7H6Br2O2/c1-11-6-3-4(8)2-5(10)7(6)9/h2-3,10H,1H3. The molecule has 0 spiro atoms. The fraction of sp³-hybridized carbons (Fsp3) is 0.143. The molecule has 0 heterocycles. The highest BCUT2D eigenvalue weighted by molar-refractivity contribution is 9.11. The van der Waals surface area contributed by atoms with Crippen LogP contribution in [-0.2, 0) is 0 Å². The Morgan fingerprint density at radius 3 is 2.55 bits per heavy atom. The molecular weight excluding hydrogens is 276 g/mol. The maximum Gasteiger partial charge on any atom is 0.137 e. The van der Waals surface area contributed by atoms with E-state index in [1.54, 1.807) is 19.2 Å². The molecule has 0 saturated carbocycles. The van der Waals surface area contributed by atoms with Gasteiger partial charge in [0.1, 0.15) is 16.0 Å². The second-order valence-electron chi connectivity index (χ2n) is 1.94. The van der Waals surface area contributed by atoms with Gasteiger partial charge in [0, 0.05) is 4.47 Å². The summed E-state index contributed by atoms with van der Waals surface area (Å²) in [4.78, 5) is 0. The van der Waals surface area contributed by atoms with Gasteiger partial charge in [-0.2, -0.15) is 0 Å². The third-order valence-corrected chi connectivity index (χ3v) is 2.46. The van der Waals surface area contributed by atoms with Gasteiger partial charge in [0.15, 0.2) is 0 Å². The lowest BCUT2D eigenvalue weighted by molar-refractivity contribution is 0.403. The third-order valence-electron chi connectivity index (χ3n) is 1.20. The predicted octanol–water partition coefficient (Wildman–Crippen LogP) is 2.93. The lowest BCUT2D eigenvalue weighted by Crippen LogP contribution is -1.84. The van der Waals surface area contributed by atoms with Crippen LogP contribution in [0.2, 0.25) is 0 Å². The highest BCUT2D eigenvalue weighted by atomic mass is 79.9. The molecule has 0 aliphatic carbocycles. The van der Waals surface area contributed by atoms with E-state index >= 15 is 0 Å². The van der Waals surface area contributed by atoms with Crippen molar-refractivity contribution in [2.45, 2.75) is 0 Å². The Labute approximate surface area is 81.4 Å². The fourth-order valence-corrected chi connectivity index (χ4v) is 1.51. The summed E-state index contributed by atoms with van der Waals surface area (Å²) < 4.78 is 6.33. The summed E-state index contributed by atoms with van der Waals surface area (Å²) in [5.41, 5.74) is 0. The quantitative estimate of drug-likeness (QED) is 0.858. The minimum atomic E-state index is 0.163. The fourth-order valence-electron chi connectivity index (χ4n) is 0.699. The van der Waals surface area contributed by atoms with E-state index in [2.05, 4.69) is 31.9 Å². The van der Waals surface area contributed by atoms with Crippen LogP contribution in [0.4, 0.5) is 0 Å². The van der Waals surface area contributed by atoms with Crippen molar-refractivity contribution in [2.75, 3.05) is 7.11 Å². The lowest BCUT2D eigenvalue weighted by atomic mass is 10.3. The number of phenols is 1. The first-order chi connectivity index (χ1) is 5.15. The van der Waals surface area contributed by atoms with E-state index in [0.717, 1.165) is 4.47 Å². The Hall–Kier alpha value is -0.220. The molecule has 0 radical (unpaired) electrons. The molecule has 0 aliphatic heterocycles. The number of hydrogen-bond acceptors (Lipinski definition) is 2. The molecule has 11 heavy (non-hydrogen) atoms. The average Bonchev–Trinajstić information content (AvgIpc) is 1.96. The Morgan fingerprint density at radius 1 is 1.36 bits per heavy atom. The zero-order chi connectivity index (χ0) is 8.43. The van der Waals surface area contributed by atoms with Gasteiger partial charge in [0.2, 0.25) is 0 Å². The molecule has 0 atom stereocenters. The van der Waals surface area contributed by atoms with E-state index in [4.69, 9.17) is 4.74 Å². The van der Waals surface area contributed by atoms with Gasteiger partial charge in [-0.05, 0) is 28.1 Å². The second-order valence-corrected chi connectivity index (χ2v) is 3.65. The first-order valence-electron chi connectivity index (χ1n) is 2.87. The number of ether oxygens (including phenoxy) is 1. The van der Waals surface area contributed by atoms with Gasteiger partial charge in [-0.15, -0.1) is 0 Å². The number of aromatic hydroxyl groups is 1. The van der Waals surface area contributed by atoms with Gasteiger partial charge >= 0.3 is 0 Å². The molecule has 4 heteroatoms. The van der Waals surface area contributed by atoms with Gasteiger partial charge in [-0.1, -0.05) is 15.9 Å². The molecule has 0 aliphatic rings. The van der Waals surface area contributed by atoms with Crippen molar-refractivity contribution in [1.29, 1.82) is 0 Å². The SMILES string of the molecule is COc1cc(Br)cc(O)c1Br. The number of hydrogen-bond donors (Lipinski definition) is 1. The number of benzene rings is 1. The Balaban J connectivity index is 3.24. The van der Waals surface area contributed by atoms with Crippen LogP contribution in [0.1, 0.15) is 0 Å². The Bertz CT molecular complexity index is 273. The summed E-state index contributed by atoms with van der Waals surface area (Å²) in [6.07, 6.45) is 0. The highest BCUT2D eigenvalue weighted by Crippen LogP contribution is 2.36. The lowest BCUT2D eigenvalue weighted by Gasteiger charge is -2.04. The van der Waals surface area contributed by atoms with Crippen LogP contribution >= 0.6 is 31.9 Å². The molecule has 0 saturated heterocycles. The minimum absolute atomic E-state index is 0.163. The summed E-state index contributed by atoms with van der Waals surface area (Å²) in [7, 11) is 1.55. The van der Waals surface area contributed by atoms with Crippen LogP contribution in [0.3, 0.4) is 0 Å². The van der Waals surface area contributed by atoms with Crippen molar-refractivity contribution in [2.24, 2.45) is 0 Å². The van der Waals surface area contributed by atoms with Gasteiger partial charge in [0.25, 0.3) is 0 Å². The molecule has 2 nitrogen and oxygen atoms in total. The van der Waals surface area contributed by atoms with E-state index in [9.17, 15) is 5.11 Å². The second kappa shape index (κ2) is 3.45. The maximum absolute atomic E-state index is 9.26. The van der Waals surface area contributed by atoms with Gasteiger partial charge < -0.3 is 9.84 Å². The summed E-state index contributed by atoms with van der Waals surface area (Å²) in [5, 5.41) is 9.26. The first kappa shape index (κ1) is 8.87. The Morgan fingerprint density at radius 2 is 2.00 bits per heavy atom. The summed E-state index contributed by atoms with van der Waals surface area (Å²) in [6, 6.07) is 3.36. The maximum atomic E-state index is 9.26. The van der Waals surface area contributed by atoms with Gasteiger partial charge in [-0.3, -0.25) is 0 Å². The zero-order valence-corrected chi connectivity index (χ0v) is 8.94. The van der Waals surface area contributed by atoms with Crippen molar-refractivity contribution < 1.29 is 9.84 Å². The molecule has 0 unspecified atom stereocenters. The van der Waals surface area contributed by atoms with Crippen molar-refractivity contribution in [3.8, 4) is 11.5 Å². The van der Waals surface area contributed by atoms with Crippen LogP contribution in [-0.4, -0.2) is 12.2 Å². The monoisotopic (exact) mass is 280 g/mol. The van der Waals surface area contributed by atoms with Gasteiger partial charge in [-0.25, -0.2) is 0 Å². The highest BCUT2D eigenvalue weighted by Gasteiger charge is 2.05. The van der Waals surface area contributed by atoms with E-state index in [1.165, 1.54) is 0 Å². The van der Waals surface area contributed by atoms with Gasteiger partial charge in [0.05, 0.1) is 7.11 Å². The molecule has 0 amide bonds. The molecule has 1 N–H and O–H groups in total. The smallest absolute Gasteiger partial charge is 0.137 e. The number of rotatable bonds is 1. The normalized spacial score (nSPS) is 9.73. The topological polar surface area (TPSA) is 29.5 Å². The van der Waals surface area contributed by atoms with Crippen molar-refractivity contribution in [3.05, 3.63) is 21.1 Å². The summed E-state index contributed by atoms with van der Waals surface area (Å²) in [5.74, 6) is 0.771. The van der Waals surface area contributed by atoms with Crippen LogP contribution < -0.4 is 4.74 Å². The molecular formula is C7H6Br2O2. The average molecular weight is 282 g/mol. The van der Waals surface area contributed by atoms with Crippen LogP contribution in [0.25, 0.3) is 0 Å². The molecule has 0 fully saturated rings. The summed E-state index contributed by atoms with van der Waals surface area (Å²) >= 11 is 6.41. The van der Waals surface area contributed by atoms with Crippen LogP contribution in [0.15, 0.2) is 21.1 Å². The molecule has 60 valence electrons. The van der Waals surface area contributed by atoms with Crippen LogP contribution in [0.5, 0.6) is 11.5 Å². The summed E-state index contributed by atoms with van der Waals surface area (Å²) in [6.45, 7) is 0. The largest absolute Gasteiger partial charge is 0.507 e. The van der Waals surface area contributed by atoms with Crippen molar-refractivity contribution in [1.82, 2.24) is 0 Å². The minimum Gasteiger partial charge on any atom is -0.507 e. The molecule has 1 aromatic carbocycles. The van der Waals surface area contributed by atoms with E-state index in [1.807, 2.05) is 0 Å². The number of halogens is 2. The molecule has 0 aromatic heterocycles. The van der Waals surface area contributed by atoms with Crippen molar-refractivity contribution in [3.63, 3.8) is 0 Å². The van der Waals surface area contributed by atoms with Crippen molar-refractivity contribution >= 4 is 31.9 Å². The number of methoxy groups -OCH3 is 1. The number of phenolic OH excluding ortho intramolecular Hbond substituents is 1. The molecule has 1 aromatic rings. The van der Waals surface area contributed by atoms with Crippen LogP contribution in [0, 0.1) is 0 Å². The van der Waals surface area contributed by atoms with E-state index < -0.39 is 0 Å². The Kier molecular flexibility index (Phi) is 2.78. The molecule has 0 bridgehead atoms. The first-order valence-corrected chi connectivity index (χ1v) is 4.45. The predicted molar refractivity (Wildman–Crippen MR) is 50.1 cm³/mol. The van der Waals surface area contributed by atoms with E-state index in [0.29, 0.717) is 10.2 Å². The molecule has 1 rings (SSSR count).